The van der Waals surface area contributed by atoms with Gasteiger partial charge < -0.3 is 0 Å². The van der Waals surface area contributed by atoms with Gasteiger partial charge >= 0.3 is 0 Å². The molecule has 1 rings (SSSR count). The van der Waals surface area contributed by atoms with Gasteiger partial charge in [-0.3, -0.25) is 9.59 Å². The molecule has 2 nitrogen and oxygen atoms in total. The molecule has 1 saturated carbocycles. The molecule has 0 aromatic heterocycles. The van der Waals surface area contributed by atoms with E-state index in [1.54, 1.807) is 6.92 Å². The van der Waals surface area contributed by atoms with Gasteiger partial charge in [0.15, 0.2) is 0 Å². The Morgan fingerprint density at radius 3 is 2.30 bits per heavy atom. The fraction of sp³-hybridized carbons (Fsp3) is 0.714. The highest BCUT2D eigenvalue weighted by Crippen LogP contribution is 2.37. The molecule has 1 atom stereocenters. The first-order valence-corrected chi connectivity index (χ1v) is 3.84. The number of rotatable bonds is 3. The zero-order valence-corrected chi connectivity index (χ0v) is 6.73. The minimum Gasteiger partial charge on any atom is -0.290 e. The summed E-state index contributed by atoms with van der Waals surface area (Å²) in [5.41, 5.74) is 0. The van der Waals surface area contributed by atoms with Gasteiger partial charge in [-0.05, 0) is 18.8 Å². The molecular formula is C7H10O2S. The monoisotopic (exact) mass is 158 g/mol. The van der Waals surface area contributed by atoms with E-state index in [0.29, 0.717) is 5.92 Å². The summed E-state index contributed by atoms with van der Waals surface area (Å²) in [6.07, 6.45) is 2.18. The quantitative estimate of drug-likeness (QED) is 0.492. The second-order valence-corrected chi connectivity index (χ2v) is 3.20. The number of hydrogen-bond donors (Lipinski definition) is 1. The molecule has 3 heteroatoms. The van der Waals surface area contributed by atoms with E-state index in [0.717, 1.165) is 12.8 Å². The maximum absolute atomic E-state index is 10.9. The minimum absolute atomic E-state index is 0.0926. The van der Waals surface area contributed by atoms with Gasteiger partial charge in [0.1, 0.15) is 0 Å². The van der Waals surface area contributed by atoms with Crippen LogP contribution < -0.4 is 0 Å². The van der Waals surface area contributed by atoms with Crippen LogP contribution in [0.5, 0.6) is 0 Å². The van der Waals surface area contributed by atoms with Crippen molar-refractivity contribution < 1.29 is 9.59 Å². The van der Waals surface area contributed by atoms with Crippen molar-refractivity contribution in [3.8, 4) is 0 Å². The molecular weight excluding hydrogens is 148 g/mol. The predicted molar refractivity (Wildman–Crippen MR) is 40.9 cm³/mol. The summed E-state index contributed by atoms with van der Waals surface area (Å²) in [6, 6.07) is 0. The summed E-state index contributed by atoms with van der Waals surface area (Å²) >= 11 is 3.47. The van der Waals surface area contributed by atoms with Crippen LogP contribution in [0.1, 0.15) is 19.8 Å². The van der Waals surface area contributed by atoms with E-state index in [1.165, 1.54) is 0 Å². The Balaban J connectivity index is 2.46. The normalized spacial score (nSPS) is 20.2. The third-order valence-electron chi connectivity index (χ3n) is 1.95. The number of thiol groups is 1. The van der Waals surface area contributed by atoms with Gasteiger partial charge in [-0.2, -0.15) is 0 Å². The first-order chi connectivity index (χ1) is 4.63. The van der Waals surface area contributed by atoms with Crippen molar-refractivity contribution in [1.29, 1.82) is 0 Å². The summed E-state index contributed by atoms with van der Waals surface area (Å²) in [7, 11) is 0. The van der Waals surface area contributed by atoms with Gasteiger partial charge in [-0.1, -0.05) is 19.6 Å². The van der Waals surface area contributed by atoms with Crippen LogP contribution in [0.3, 0.4) is 0 Å². The molecule has 1 aliphatic carbocycles. The van der Waals surface area contributed by atoms with Crippen molar-refractivity contribution in [2.75, 3.05) is 0 Å². The molecule has 0 bridgehead atoms. The molecule has 0 aliphatic heterocycles. The zero-order valence-electron chi connectivity index (χ0n) is 5.83. The molecule has 0 aromatic carbocycles. The van der Waals surface area contributed by atoms with E-state index >= 15 is 0 Å². The van der Waals surface area contributed by atoms with Crippen LogP contribution in [0.15, 0.2) is 0 Å². The van der Waals surface area contributed by atoms with Gasteiger partial charge in [0, 0.05) is 5.92 Å². The topological polar surface area (TPSA) is 34.1 Å². The molecule has 56 valence electrons. The summed E-state index contributed by atoms with van der Waals surface area (Å²) in [4.78, 5) is 21.3. The maximum atomic E-state index is 10.9. The molecule has 0 heterocycles. The Hall–Kier alpha value is -0.310. The number of carbonyl (C=O) groups excluding carboxylic acids is 2. The fourth-order valence-electron chi connectivity index (χ4n) is 1.01. The molecule has 1 unspecified atom stereocenters. The number of ketones is 1. The molecule has 0 spiro atoms. The molecule has 0 aromatic rings. The van der Waals surface area contributed by atoms with Crippen molar-refractivity contribution in [2.24, 2.45) is 11.8 Å². The van der Waals surface area contributed by atoms with Crippen LogP contribution in [0.2, 0.25) is 0 Å². The van der Waals surface area contributed by atoms with Crippen molar-refractivity contribution in [1.82, 2.24) is 0 Å². The number of Topliss-reactive ketones (excluding diaryl/α,β-unsaturated/α-hetero) is 1. The Morgan fingerprint density at radius 2 is 2.00 bits per heavy atom. The largest absolute Gasteiger partial charge is 0.290 e. The Morgan fingerprint density at radius 1 is 1.50 bits per heavy atom. The molecule has 0 amide bonds. The second-order valence-electron chi connectivity index (χ2n) is 2.80. The van der Waals surface area contributed by atoms with E-state index in [4.69, 9.17) is 0 Å². The fourth-order valence-corrected chi connectivity index (χ4v) is 1.21. The maximum Gasteiger partial charge on any atom is 0.252 e. The molecule has 10 heavy (non-hydrogen) atoms. The van der Waals surface area contributed by atoms with E-state index in [2.05, 4.69) is 12.6 Å². The number of hydrogen-bond acceptors (Lipinski definition) is 2. The van der Waals surface area contributed by atoms with Crippen molar-refractivity contribution >= 4 is 23.5 Å². The molecule has 0 saturated heterocycles. The lowest BCUT2D eigenvalue weighted by Gasteiger charge is -2.02. The lowest BCUT2D eigenvalue weighted by atomic mass is 10.0. The van der Waals surface area contributed by atoms with Crippen LogP contribution in [0.25, 0.3) is 0 Å². The van der Waals surface area contributed by atoms with Crippen molar-refractivity contribution in [2.45, 2.75) is 19.8 Å². The average Bonchev–Trinajstić information content (AvgIpc) is 2.65. The summed E-state index contributed by atoms with van der Waals surface area (Å²) in [6.45, 7) is 1.80. The van der Waals surface area contributed by atoms with Gasteiger partial charge in [0.2, 0.25) is 5.78 Å². The summed E-state index contributed by atoms with van der Waals surface area (Å²) < 4.78 is 0. The van der Waals surface area contributed by atoms with Crippen LogP contribution in [0, 0.1) is 11.8 Å². The Kier molecular flexibility index (Phi) is 2.14. The van der Waals surface area contributed by atoms with Gasteiger partial charge in [-0.15, -0.1) is 0 Å². The minimum atomic E-state index is -0.598. The standard InChI is InChI=1S/C7H10O2S/c1-4(5-2-3-5)6(8)7(9)10/h4-5H,2-3H2,1H3,(H,9,10). The molecule has 0 radical (unpaired) electrons. The highest BCUT2D eigenvalue weighted by Gasteiger charge is 2.34. The third-order valence-corrected chi connectivity index (χ3v) is 2.17. The van der Waals surface area contributed by atoms with E-state index < -0.39 is 5.12 Å². The summed E-state index contributed by atoms with van der Waals surface area (Å²) in [5, 5.41) is -0.598. The smallest absolute Gasteiger partial charge is 0.252 e. The van der Waals surface area contributed by atoms with Crippen LogP contribution in [0.4, 0.5) is 0 Å². The molecule has 0 N–H and O–H groups in total. The Bertz CT molecular complexity index is 172. The van der Waals surface area contributed by atoms with Crippen molar-refractivity contribution in [3.05, 3.63) is 0 Å². The highest BCUT2D eigenvalue weighted by atomic mass is 32.1. The van der Waals surface area contributed by atoms with E-state index in [-0.39, 0.29) is 11.7 Å². The van der Waals surface area contributed by atoms with Gasteiger partial charge in [-0.25, -0.2) is 0 Å². The SMILES string of the molecule is CC(C(=O)C(=O)S)C1CC1. The van der Waals surface area contributed by atoms with E-state index in [9.17, 15) is 9.59 Å². The van der Waals surface area contributed by atoms with Crippen LogP contribution >= 0.6 is 12.6 Å². The molecule has 1 aliphatic rings. The molecule has 1 fully saturated rings. The van der Waals surface area contributed by atoms with Crippen molar-refractivity contribution in [3.63, 3.8) is 0 Å². The van der Waals surface area contributed by atoms with Crippen LogP contribution in [-0.4, -0.2) is 10.9 Å². The number of carbonyl (C=O) groups is 2. The highest BCUT2D eigenvalue weighted by molar-refractivity contribution is 7.98. The van der Waals surface area contributed by atoms with Gasteiger partial charge in [0.25, 0.3) is 5.12 Å². The lowest BCUT2D eigenvalue weighted by molar-refractivity contribution is -0.134. The predicted octanol–water partition coefficient (Wildman–Crippen LogP) is 1.06. The first kappa shape index (κ1) is 7.79. The third kappa shape index (κ3) is 1.59. The van der Waals surface area contributed by atoms with Crippen LogP contribution in [-0.2, 0) is 9.59 Å². The first-order valence-electron chi connectivity index (χ1n) is 3.40. The average molecular weight is 158 g/mol. The Labute approximate surface area is 65.4 Å². The van der Waals surface area contributed by atoms with E-state index in [1.807, 2.05) is 0 Å². The van der Waals surface area contributed by atoms with Gasteiger partial charge in [0.05, 0.1) is 0 Å². The summed E-state index contributed by atoms with van der Waals surface area (Å²) in [5.74, 6) is 0.0411. The lowest BCUT2D eigenvalue weighted by Crippen LogP contribution is -2.18. The second kappa shape index (κ2) is 2.74. The zero-order chi connectivity index (χ0) is 7.72.